The Kier molecular flexibility index (Phi) is 3.83. The number of anilines is 1. The summed E-state index contributed by atoms with van der Waals surface area (Å²) in [6.07, 6.45) is -3.43. The molecule has 19 heavy (non-hydrogen) atoms. The first-order chi connectivity index (χ1) is 8.99. The normalized spacial score (nSPS) is 30.6. The quantitative estimate of drug-likeness (QED) is 0.397. The molecule has 9 heteroatoms. The molecule has 0 aliphatic carbocycles. The van der Waals surface area contributed by atoms with Crippen LogP contribution in [0.15, 0.2) is 11.0 Å². The van der Waals surface area contributed by atoms with E-state index in [-0.39, 0.29) is 5.82 Å². The van der Waals surface area contributed by atoms with Crippen molar-refractivity contribution in [3.63, 3.8) is 0 Å². The predicted octanol–water partition coefficient (Wildman–Crippen LogP) is -2.04. The molecule has 0 unspecified atom stereocenters. The van der Waals surface area contributed by atoms with E-state index in [4.69, 9.17) is 15.1 Å². The summed E-state index contributed by atoms with van der Waals surface area (Å²) in [5.74, 6) is -0.00649. The van der Waals surface area contributed by atoms with Crippen LogP contribution >= 0.6 is 0 Å². The summed E-state index contributed by atoms with van der Waals surface area (Å²) in [7, 11) is 0. The number of hydrogen-bond donors (Lipinski definition) is 5. The van der Waals surface area contributed by atoms with Crippen LogP contribution in [0.4, 0.5) is 5.82 Å². The van der Waals surface area contributed by atoms with E-state index < -0.39 is 36.8 Å². The minimum Gasteiger partial charge on any atom is -0.394 e. The van der Waals surface area contributed by atoms with E-state index in [9.17, 15) is 15.0 Å². The molecule has 2 heterocycles. The second-order valence-electron chi connectivity index (χ2n) is 4.30. The maximum absolute atomic E-state index is 11.8. The molecule has 0 spiro atoms. The number of nitrogens with one attached hydrogen (secondary N) is 1. The number of aromatic nitrogens is 2. The predicted molar refractivity (Wildman–Crippen MR) is 61.7 cm³/mol. The molecule has 106 valence electrons. The lowest BCUT2D eigenvalue weighted by atomic mass is 10.1. The summed E-state index contributed by atoms with van der Waals surface area (Å²) in [4.78, 5) is 15.3. The highest BCUT2D eigenvalue weighted by Crippen LogP contribution is 2.28. The fraction of sp³-hybridized carbons (Fsp3) is 0.600. The summed E-state index contributed by atoms with van der Waals surface area (Å²) in [5, 5.41) is 37.2. The first-order valence-corrected chi connectivity index (χ1v) is 5.62. The summed E-state index contributed by atoms with van der Waals surface area (Å²) in [6, 6.07) is 0. The van der Waals surface area contributed by atoms with Crippen molar-refractivity contribution in [1.82, 2.24) is 9.55 Å². The van der Waals surface area contributed by atoms with E-state index in [0.29, 0.717) is 5.56 Å². The fourth-order valence-corrected chi connectivity index (χ4v) is 1.97. The first-order valence-electron chi connectivity index (χ1n) is 5.62. The van der Waals surface area contributed by atoms with E-state index in [1.165, 1.54) is 6.20 Å². The van der Waals surface area contributed by atoms with Gasteiger partial charge in [0.05, 0.1) is 6.61 Å². The Bertz CT molecular complexity index is 518. The van der Waals surface area contributed by atoms with Gasteiger partial charge in [-0.2, -0.15) is 4.98 Å². The largest absolute Gasteiger partial charge is 0.394 e. The second kappa shape index (κ2) is 5.23. The first kappa shape index (κ1) is 13.9. The molecule has 1 aromatic heterocycles. The van der Waals surface area contributed by atoms with Crippen molar-refractivity contribution in [3.8, 4) is 0 Å². The van der Waals surface area contributed by atoms with E-state index in [2.05, 4.69) is 4.98 Å². The van der Waals surface area contributed by atoms with Crippen LogP contribution in [0.1, 0.15) is 11.8 Å². The standard InChI is InChI=1S/C10H15N3O6/c1-4-2-13(10(17)11-8(4)12-18)9-7(16)6(15)5(3-14)19-9/h2,5-7,9,14-16,18H,3H2,1H3,(H,11,12,17)/t5-,6+,7+,9-/m1/s1. The van der Waals surface area contributed by atoms with Crippen molar-refractivity contribution in [2.45, 2.75) is 31.5 Å². The van der Waals surface area contributed by atoms with Gasteiger partial charge in [0.25, 0.3) is 0 Å². The third kappa shape index (κ3) is 2.33. The number of rotatable bonds is 3. The van der Waals surface area contributed by atoms with Gasteiger partial charge < -0.3 is 20.1 Å². The maximum Gasteiger partial charge on any atom is 0.351 e. The van der Waals surface area contributed by atoms with Crippen LogP contribution < -0.4 is 11.2 Å². The van der Waals surface area contributed by atoms with Crippen LogP contribution in [-0.2, 0) is 4.74 Å². The fourth-order valence-electron chi connectivity index (χ4n) is 1.97. The molecule has 0 aromatic carbocycles. The second-order valence-corrected chi connectivity index (χ2v) is 4.30. The summed E-state index contributed by atoms with van der Waals surface area (Å²) >= 11 is 0. The van der Waals surface area contributed by atoms with Crippen molar-refractivity contribution >= 4 is 5.82 Å². The SMILES string of the molecule is Cc1cn([C@@H]2O[C@H](CO)[C@H](O)[C@@H]2O)c(=O)nc1NO. The molecular formula is C10H15N3O6. The summed E-state index contributed by atoms with van der Waals surface area (Å²) in [5.41, 5.74) is 1.45. The lowest BCUT2D eigenvalue weighted by Gasteiger charge is -2.18. The van der Waals surface area contributed by atoms with Crippen LogP contribution in [0.3, 0.4) is 0 Å². The van der Waals surface area contributed by atoms with Crippen LogP contribution in [-0.4, -0.2) is 55.0 Å². The average Bonchev–Trinajstić information content (AvgIpc) is 2.68. The number of nitrogens with zero attached hydrogens (tertiary/aromatic N) is 2. The molecule has 1 fully saturated rings. The molecule has 1 aliphatic heterocycles. The Labute approximate surface area is 107 Å². The van der Waals surface area contributed by atoms with Gasteiger partial charge in [0.15, 0.2) is 12.0 Å². The highest BCUT2D eigenvalue weighted by atomic mass is 16.6. The number of hydrogen-bond acceptors (Lipinski definition) is 8. The Morgan fingerprint density at radius 2 is 2.16 bits per heavy atom. The molecule has 5 N–H and O–H groups in total. The molecule has 0 amide bonds. The molecule has 0 bridgehead atoms. The third-order valence-electron chi connectivity index (χ3n) is 3.03. The van der Waals surface area contributed by atoms with Crippen molar-refractivity contribution in [3.05, 3.63) is 22.2 Å². The number of aryl methyl sites for hydroxylation is 1. The van der Waals surface area contributed by atoms with Crippen LogP contribution in [0.5, 0.6) is 0 Å². The van der Waals surface area contributed by atoms with Crippen molar-refractivity contribution in [2.75, 3.05) is 12.1 Å². The van der Waals surface area contributed by atoms with Gasteiger partial charge in [0, 0.05) is 11.8 Å². The summed E-state index contributed by atoms with van der Waals surface area (Å²) < 4.78 is 6.22. The molecule has 9 nitrogen and oxygen atoms in total. The molecule has 0 radical (unpaired) electrons. The minimum atomic E-state index is -1.36. The van der Waals surface area contributed by atoms with Gasteiger partial charge in [-0.05, 0) is 6.92 Å². The van der Waals surface area contributed by atoms with Gasteiger partial charge in [-0.1, -0.05) is 0 Å². The van der Waals surface area contributed by atoms with Gasteiger partial charge in [-0.3, -0.25) is 15.3 Å². The van der Waals surface area contributed by atoms with E-state index in [1.54, 1.807) is 12.4 Å². The van der Waals surface area contributed by atoms with Gasteiger partial charge in [0.2, 0.25) is 0 Å². The Morgan fingerprint density at radius 3 is 2.68 bits per heavy atom. The minimum absolute atomic E-state index is 0.00649. The maximum atomic E-state index is 11.8. The lowest BCUT2D eigenvalue weighted by molar-refractivity contribution is -0.0550. The smallest absolute Gasteiger partial charge is 0.351 e. The molecule has 1 aliphatic rings. The van der Waals surface area contributed by atoms with Gasteiger partial charge in [-0.15, -0.1) is 0 Å². The number of ether oxygens (including phenoxy) is 1. The zero-order valence-corrected chi connectivity index (χ0v) is 10.1. The molecule has 1 saturated heterocycles. The van der Waals surface area contributed by atoms with E-state index in [1.807, 2.05) is 0 Å². The van der Waals surface area contributed by atoms with Gasteiger partial charge in [-0.25, -0.2) is 4.79 Å². The molecule has 0 saturated carbocycles. The topological polar surface area (TPSA) is 137 Å². The molecule has 1 aromatic rings. The highest BCUT2D eigenvalue weighted by Gasteiger charge is 2.43. The Morgan fingerprint density at radius 1 is 1.47 bits per heavy atom. The van der Waals surface area contributed by atoms with Crippen LogP contribution in [0, 0.1) is 6.92 Å². The van der Waals surface area contributed by atoms with Crippen LogP contribution in [0.25, 0.3) is 0 Å². The molecule has 4 atom stereocenters. The molecular weight excluding hydrogens is 258 g/mol. The van der Waals surface area contributed by atoms with E-state index in [0.717, 1.165) is 4.57 Å². The Balaban J connectivity index is 2.38. The zero-order chi connectivity index (χ0) is 14.2. The number of aliphatic hydroxyl groups is 3. The van der Waals surface area contributed by atoms with Crippen molar-refractivity contribution < 1.29 is 25.3 Å². The molecule has 2 rings (SSSR count). The lowest BCUT2D eigenvalue weighted by Crippen LogP contribution is -2.36. The number of aliphatic hydroxyl groups excluding tert-OH is 3. The summed E-state index contributed by atoms with van der Waals surface area (Å²) in [6.45, 7) is 1.11. The third-order valence-corrected chi connectivity index (χ3v) is 3.03. The van der Waals surface area contributed by atoms with Crippen molar-refractivity contribution in [1.29, 1.82) is 0 Å². The monoisotopic (exact) mass is 273 g/mol. The van der Waals surface area contributed by atoms with E-state index >= 15 is 0 Å². The van der Waals surface area contributed by atoms with Crippen molar-refractivity contribution in [2.24, 2.45) is 0 Å². The van der Waals surface area contributed by atoms with Gasteiger partial charge >= 0.3 is 5.69 Å². The highest BCUT2D eigenvalue weighted by molar-refractivity contribution is 5.38. The average molecular weight is 273 g/mol. The Hall–Kier alpha value is -1.52. The van der Waals surface area contributed by atoms with Crippen LogP contribution in [0.2, 0.25) is 0 Å². The zero-order valence-electron chi connectivity index (χ0n) is 10.1. The van der Waals surface area contributed by atoms with Gasteiger partial charge in [0.1, 0.15) is 18.3 Å².